The van der Waals surface area contributed by atoms with E-state index in [0.717, 1.165) is 36.1 Å². The lowest BCUT2D eigenvalue weighted by atomic mass is 9.99. The van der Waals surface area contributed by atoms with E-state index in [4.69, 9.17) is 0 Å². The molecule has 0 saturated heterocycles. The first-order valence-corrected chi connectivity index (χ1v) is 12.7. The van der Waals surface area contributed by atoms with Gasteiger partial charge in [0.05, 0.1) is 11.8 Å². The van der Waals surface area contributed by atoms with Gasteiger partial charge in [-0.3, -0.25) is 5.01 Å². The SMILES string of the molecule is CC(C)c1cccc(C2N(Cc3ccc(C(F)(F)F)cc3)c3cnc(C(=O)O)nc3N2NC(C)C2CC2)c1. The number of hydrazine groups is 1. The summed E-state index contributed by atoms with van der Waals surface area (Å²) in [5.74, 6) is -0.335. The van der Waals surface area contributed by atoms with Gasteiger partial charge in [-0.15, -0.1) is 0 Å². The fraction of sp³-hybridized carbons (Fsp3) is 0.393. The maximum atomic E-state index is 13.2. The van der Waals surface area contributed by atoms with Crippen molar-refractivity contribution in [1.29, 1.82) is 0 Å². The molecule has 0 amide bonds. The predicted molar refractivity (Wildman–Crippen MR) is 138 cm³/mol. The molecule has 0 radical (unpaired) electrons. The number of nitrogens with one attached hydrogen (secondary N) is 1. The molecule has 2 aromatic carbocycles. The second kappa shape index (κ2) is 9.90. The van der Waals surface area contributed by atoms with Crippen LogP contribution in [0.4, 0.5) is 24.7 Å². The fourth-order valence-electron chi connectivity index (χ4n) is 4.86. The number of anilines is 2. The molecule has 7 nitrogen and oxygen atoms in total. The minimum Gasteiger partial charge on any atom is -0.475 e. The summed E-state index contributed by atoms with van der Waals surface area (Å²) in [6.07, 6.45) is -1.13. The number of aromatic nitrogens is 2. The first-order valence-electron chi connectivity index (χ1n) is 12.7. The van der Waals surface area contributed by atoms with Crippen LogP contribution >= 0.6 is 0 Å². The number of halogens is 3. The van der Waals surface area contributed by atoms with Crippen LogP contribution in [0.2, 0.25) is 0 Å². The second-order valence-corrected chi connectivity index (χ2v) is 10.4. The zero-order valence-electron chi connectivity index (χ0n) is 21.4. The quantitative estimate of drug-likeness (QED) is 0.365. The Morgan fingerprint density at radius 2 is 1.84 bits per heavy atom. The van der Waals surface area contributed by atoms with Crippen molar-refractivity contribution in [2.75, 3.05) is 9.91 Å². The number of nitrogens with zero attached hydrogens (tertiary/aromatic N) is 4. The number of hydrogen-bond donors (Lipinski definition) is 2. The molecule has 2 atom stereocenters. The average molecular weight is 526 g/mol. The van der Waals surface area contributed by atoms with Crippen LogP contribution in [0.1, 0.15) is 78.6 Å². The molecular formula is C28H30F3N5O2. The van der Waals surface area contributed by atoms with Gasteiger partial charge >= 0.3 is 12.1 Å². The molecular weight excluding hydrogens is 495 g/mol. The Balaban J connectivity index is 1.60. The number of aromatic carboxylic acids is 1. The number of carboxylic acid groups (broad SMARTS) is 1. The Morgan fingerprint density at radius 3 is 2.45 bits per heavy atom. The molecule has 5 rings (SSSR count). The van der Waals surface area contributed by atoms with Crippen molar-refractivity contribution in [3.05, 3.63) is 82.8 Å². The number of rotatable bonds is 8. The van der Waals surface area contributed by atoms with Crippen LogP contribution in [-0.4, -0.2) is 27.1 Å². The summed E-state index contributed by atoms with van der Waals surface area (Å²) in [5.41, 5.74) is 6.22. The Hall–Kier alpha value is -3.66. The molecule has 38 heavy (non-hydrogen) atoms. The fourth-order valence-corrected chi connectivity index (χ4v) is 4.86. The molecule has 1 saturated carbocycles. The zero-order chi connectivity index (χ0) is 27.2. The first-order chi connectivity index (χ1) is 18.0. The van der Waals surface area contributed by atoms with Crippen LogP contribution in [0.3, 0.4) is 0 Å². The van der Waals surface area contributed by atoms with Gasteiger partial charge in [0, 0.05) is 12.6 Å². The number of fused-ring (bicyclic) bond motifs is 1. The third-order valence-corrected chi connectivity index (χ3v) is 7.20. The molecule has 2 N–H and O–H groups in total. The van der Waals surface area contributed by atoms with Crippen molar-refractivity contribution in [2.45, 2.75) is 64.5 Å². The van der Waals surface area contributed by atoms with Gasteiger partial charge in [-0.25, -0.2) is 20.2 Å². The molecule has 200 valence electrons. The number of hydrogen-bond acceptors (Lipinski definition) is 6. The lowest BCUT2D eigenvalue weighted by Crippen LogP contribution is -2.48. The van der Waals surface area contributed by atoms with Gasteiger partial charge in [-0.2, -0.15) is 13.2 Å². The van der Waals surface area contributed by atoms with Crippen molar-refractivity contribution in [3.63, 3.8) is 0 Å². The monoisotopic (exact) mass is 525 g/mol. The Bertz CT molecular complexity index is 1320. The topological polar surface area (TPSA) is 81.6 Å². The van der Waals surface area contributed by atoms with Crippen molar-refractivity contribution in [3.8, 4) is 0 Å². The molecule has 10 heteroatoms. The van der Waals surface area contributed by atoms with Gasteiger partial charge in [0.15, 0.2) is 5.82 Å². The maximum absolute atomic E-state index is 13.2. The van der Waals surface area contributed by atoms with Crippen LogP contribution in [0.15, 0.2) is 54.7 Å². The third-order valence-electron chi connectivity index (χ3n) is 7.20. The summed E-state index contributed by atoms with van der Waals surface area (Å²) in [6, 6.07) is 13.4. The van der Waals surface area contributed by atoms with Gasteiger partial charge in [0.25, 0.3) is 0 Å². The van der Waals surface area contributed by atoms with E-state index >= 15 is 0 Å². The van der Waals surface area contributed by atoms with Gasteiger partial charge in [0.1, 0.15) is 11.9 Å². The highest BCUT2D eigenvalue weighted by molar-refractivity contribution is 5.85. The molecule has 0 bridgehead atoms. The largest absolute Gasteiger partial charge is 0.475 e. The van der Waals surface area contributed by atoms with E-state index in [2.05, 4.69) is 48.3 Å². The van der Waals surface area contributed by atoms with Crippen LogP contribution < -0.4 is 15.3 Å². The molecule has 2 heterocycles. The average Bonchev–Trinajstić information content (AvgIpc) is 3.69. The van der Waals surface area contributed by atoms with E-state index in [9.17, 15) is 23.1 Å². The van der Waals surface area contributed by atoms with E-state index in [1.54, 1.807) is 0 Å². The van der Waals surface area contributed by atoms with Crippen LogP contribution in [0, 0.1) is 5.92 Å². The molecule has 2 aliphatic rings. The van der Waals surface area contributed by atoms with Crippen molar-refractivity contribution < 1.29 is 23.1 Å². The van der Waals surface area contributed by atoms with E-state index in [-0.39, 0.29) is 24.3 Å². The molecule has 1 aliphatic carbocycles. The van der Waals surface area contributed by atoms with E-state index in [1.807, 2.05) is 22.0 Å². The summed E-state index contributed by atoms with van der Waals surface area (Å²) < 4.78 is 39.5. The zero-order valence-corrected chi connectivity index (χ0v) is 21.4. The Kier molecular flexibility index (Phi) is 6.77. The highest BCUT2D eigenvalue weighted by Gasteiger charge is 2.42. The summed E-state index contributed by atoms with van der Waals surface area (Å²) in [4.78, 5) is 22.2. The summed E-state index contributed by atoms with van der Waals surface area (Å²) in [7, 11) is 0. The van der Waals surface area contributed by atoms with E-state index in [1.165, 1.54) is 18.3 Å². The highest BCUT2D eigenvalue weighted by Crippen LogP contribution is 2.46. The van der Waals surface area contributed by atoms with Crippen molar-refractivity contribution in [2.24, 2.45) is 5.92 Å². The number of carboxylic acids is 1. The van der Waals surface area contributed by atoms with Crippen molar-refractivity contribution in [1.82, 2.24) is 15.4 Å². The molecule has 1 aromatic heterocycles. The van der Waals surface area contributed by atoms with Gasteiger partial charge < -0.3 is 10.0 Å². The van der Waals surface area contributed by atoms with E-state index < -0.39 is 23.9 Å². The van der Waals surface area contributed by atoms with Gasteiger partial charge in [0.2, 0.25) is 5.82 Å². The van der Waals surface area contributed by atoms with Crippen LogP contribution in [0.5, 0.6) is 0 Å². The van der Waals surface area contributed by atoms with Crippen molar-refractivity contribution >= 4 is 17.5 Å². The minimum atomic E-state index is -4.42. The molecule has 2 unspecified atom stereocenters. The van der Waals surface area contributed by atoms with Crippen LogP contribution in [-0.2, 0) is 12.7 Å². The number of carbonyl (C=O) groups is 1. The Labute approximate surface area is 219 Å². The lowest BCUT2D eigenvalue weighted by molar-refractivity contribution is -0.137. The highest BCUT2D eigenvalue weighted by atomic mass is 19.4. The van der Waals surface area contributed by atoms with E-state index in [0.29, 0.717) is 23.0 Å². The molecule has 1 aliphatic heterocycles. The minimum absolute atomic E-state index is 0.118. The summed E-state index contributed by atoms with van der Waals surface area (Å²) in [5, 5.41) is 11.5. The first kappa shape index (κ1) is 26.0. The Morgan fingerprint density at radius 1 is 1.13 bits per heavy atom. The van der Waals surface area contributed by atoms with Gasteiger partial charge in [-0.05, 0) is 60.4 Å². The second-order valence-electron chi connectivity index (χ2n) is 10.4. The number of benzene rings is 2. The van der Waals surface area contributed by atoms with Gasteiger partial charge in [-0.1, -0.05) is 50.2 Å². The summed E-state index contributed by atoms with van der Waals surface area (Å²) in [6.45, 7) is 6.58. The smallest absolute Gasteiger partial charge is 0.416 e. The third kappa shape index (κ3) is 5.18. The standard InChI is InChI=1S/C28H30F3N5O2/c1-16(2)20-5-4-6-21(13-20)26-35(15-18-7-11-22(12-8-18)28(29,30)31)23-14-32-24(27(37)38)33-25(23)36(26)34-17(3)19-9-10-19/h4-8,11-14,16-17,19,26,34H,9-10,15H2,1-3H3,(H,37,38). The molecule has 3 aromatic rings. The summed E-state index contributed by atoms with van der Waals surface area (Å²) >= 11 is 0. The van der Waals surface area contributed by atoms with Crippen LogP contribution in [0.25, 0.3) is 0 Å². The molecule has 1 fully saturated rings. The normalized spacial score (nSPS) is 18.1. The predicted octanol–water partition coefficient (Wildman–Crippen LogP) is 6.15. The molecule has 0 spiro atoms. The maximum Gasteiger partial charge on any atom is 0.416 e. The number of alkyl halides is 3. The lowest BCUT2D eigenvalue weighted by Gasteiger charge is -2.35.